The second kappa shape index (κ2) is 10.5. The number of hydrogen-bond acceptors (Lipinski definition) is 6. The van der Waals surface area contributed by atoms with Gasteiger partial charge in [-0.25, -0.2) is 0 Å². The van der Waals surface area contributed by atoms with Crippen LogP contribution in [0.25, 0.3) is 0 Å². The lowest BCUT2D eigenvalue weighted by molar-refractivity contribution is -0.125. The number of carbonyl (C=O) groups is 4. The maximum Gasteiger partial charge on any atom is 0.164 e. The van der Waals surface area contributed by atoms with Crippen molar-refractivity contribution in [2.24, 2.45) is 0 Å². The number of allylic oxidation sites excluding steroid dienone is 4. The lowest BCUT2D eigenvalue weighted by Gasteiger charge is -2.09. The summed E-state index contributed by atoms with van der Waals surface area (Å²) in [4.78, 5) is 44.4. The summed E-state index contributed by atoms with van der Waals surface area (Å²) in [6, 6.07) is 0. The van der Waals surface area contributed by atoms with E-state index < -0.39 is 0 Å². The number of ketones is 4. The summed E-state index contributed by atoms with van der Waals surface area (Å²) >= 11 is 0. The Morgan fingerprint density at radius 3 is 1.27 bits per heavy atom. The molecule has 0 aliphatic carbocycles. The van der Waals surface area contributed by atoms with Crippen LogP contribution >= 0.6 is 0 Å². The first-order chi connectivity index (χ1) is 10.2. The summed E-state index contributed by atoms with van der Waals surface area (Å²) in [6.45, 7) is 7.36. The van der Waals surface area contributed by atoms with Crippen molar-refractivity contribution < 1.29 is 19.2 Å². The van der Waals surface area contributed by atoms with Crippen LogP contribution in [0.1, 0.15) is 40.5 Å². The largest absolute Gasteiger partial charge is 0.387 e. The van der Waals surface area contributed by atoms with Crippen LogP contribution in [0.2, 0.25) is 0 Å². The zero-order valence-corrected chi connectivity index (χ0v) is 13.6. The monoisotopic (exact) mass is 308 g/mol. The maximum atomic E-state index is 11.4. The molecule has 0 aromatic carbocycles. The van der Waals surface area contributed by atoms with Gasteiger partial charge in [-0.05, 0) is 27.7 Å². The topological polar surface area (TPSA) is 92.3 Å². The van der Waals surface area contributed by atoms with E-state index >= 15 is 0 Å². The number of carbonyl (C=O) groups excluding carboxylic acids is 4. The van der Waals surface area contributed by atoms with E-state index in [2.05, 4.69) is 10.6 Å². The van der Waals surface area contributed by atoms with Crippen LogP contribution in [0.15, 0.2) is 23.5 Å². The minimum atomic E-state index is -0.226. The molecule has 0 atom stereocenters. The van der Waals surface area contributed by atoms with Gasteiger partial charge in [-0.3, -0.25) is 19.2 Å². The molecule has 0 spiro atoms. The van der Waals surface area contributed by atoms with E-state index in [-0.39, 0.29) is 36.0 Å². The third-order valence-electron chi connectivity index (χ3n) is 2.53. The van der Waals surface area contributed by atoms with Crippen molar-refractivity contribution in [3.63, 3.8) is 0 Å². The average Bonchev–Trinajstić information content (AvgIpc) is 2.32. The molecular formula is C16H24N2O4. The summed E-state index contributed by atoms with van der Waals surface area (Å²) < 4.78 is 0. The van der Waals surface area contributed by atoms with Crippen molar-refractivity contribution >= 4 is 23.1 Å². The van der Waals surface area contributed by atoms with Crippen LogP contribution in [0, 0.1) is 0 Å². The molecule has 0 heterocycles. The molecule has 6 heteroatoms. The van der Waals surface area contributed by atoms with Crippen LogP contribution in [0.3, 0.4) is 0 Å². The molecule has 0 saturated carbocycles. The van der Waals surface area contributed by atoms with Crippen LogP contribution in [0.4, 0.5) is 0 Å². The predicted octanol–water partition coefficient (Wildman–Crippen LogP) is 1.07. The number of rotatable bonds is 11. The Hall–Kier alpha value is -2.24. The van der Waals surface area contributed by atoms with Crippen molar-refractivity contribution in [3.8, 4) is 0 Å². The molecular weight excluding hydrogens is 284 g/mol. The van der Waals surface area contributed by atoms with Gasteiger partial charge < -0.3 is 10.6 Å². The fraction of sp³-hybridized carbons (Fsp3) is 0.500. The standard InChI is InChI=1S/C16H24N2O4/c1-11(7-15(21)9-13(3)19)17-5-6-18-12(2)8-16(22)10-14(4)20/h7-8,17-18H,5-6,9-10H2,1-4H3/b11-7+,12-8+. The Balaban J connectivity index is 4.06. The van der Waals surface area contributed by atoms with Gasteiger partial charge in [0.25, 0.3) is 0 Å². The normalized spacial score (nSPS) is 11.8. The third-order valence-corrected chi connectivity index (χ3v) is 2.53. The van der Waals surface area contributed by atoms with E-state index in [1.54, 1.807) is 13.8 Å². The molecule has 0 unspecified atom stereocenters. The second-order valence-corrected chi connectivity index (χ2v) is 5.20. The SMILES string of the molecule is CC(=O)CC(=O)/C=C(\C)NCCN/C(C)=C/C(=O)CC(C)=O. The highest BCUT2D eigenvalue weighted by Gasteiger charge is 2.03. The number of hydrogen-bond donors (Lipinski definition) is 2. The Kier molecular flexibility index (Phi) is 9.41. The Morgan fingerprint density at radius 2 is 1.00 bits per heavy atom. The minimum absolute atomic E-state index is 0.0859. The minimum Gasteiger partial charge on any atom is -0.387 e. The van der Waals surface area contributed by atoms with Crippen LogP contribution in [-0.2, 0) is 19.2 Å². The Bertz CT molecular complexity index is 458. The van der Waals surface area contributed by atoms with Crippen molar-refractivity contribution in [2.75, 3.05) is 13.1 Å². The fourth-order valence-corrected chi connectivity index (χ4v) is 1.70. The van der Waals surface area contributed by atoms with E-state index in [4.69, 9.17) is 0 Å². The van der Waals surface area contributed by atoms with Crippen molar-refractivity contribution in [1.82, 2.24) is 10.6 Å². The molecule has 0 saturated heterocycles. The van der Waals surface area contributed by atoms with E-state index in [0.717, 1.165) is 0 Å². The summed E-state index contributed by atoms with van der Waals surface area (Å²) in [5.74, 6) is -0.772. The summed E-state index contributed by atoms with van der Waals surface area (Å²) in [6.07, 6.45) is 2.63. The van der Waals surface area contributed by atoms with Gasteiger partial charge in [-0.15, -0.1) is 0 Å². The molecule has 0 fully saturated rings. The number of nitrogens with one attached hydrogen (secondary N) is 2. The zero-order valence-electron chi connectivity index (χ0n) is 13.6. The highest BCUT2D eigenvalue weighted by molar-refractivity contribution is 6.04. The van der Waals surface area contributed by atoms with E-state index in [9.17, 15) is 19.2 Å². The van der Waals surface area contributed by atoms with Gasteiger partial charge in [0.15, 0.2) is 11.6 Å². The first kappa shape index (κ1) is 19.8. The highest BCUT2D eigenvalue weighted by Crippen LogP contribution is 1.94. The third kappa shape index (κ3) is 11.6. The van der Waals surface area contributed by atoms with Crippen LogP contribution < -0.4 is 10.6 Å². The van der Waals surface area contributed by atoms with Crippen LogP contribution in [0.5, 0.6) is 0 Å². The summed E-state index contributed by atoms with van der Waals surface area (Å²) in [5, 5.41) is 6.06. The zero-order chi connectivity index (χ0) is 17.1. The molecule has 2 N–H and O–H groups in total. The fourth-order valence-electron chi connectivity index (χ4n) is 1.70. The van der Waals surface area contributed by atoms with E-state index in [0.29, 0.717) is 24.5 Å². The van der Waals surface area contributed by atoms with Gasteiger partial charge in [-0.1, -0.05) is 0 Å². The summed E-state index contributed by atoms with van der Waals surface area (Å²) in [7, 11) is 0. The van der Waals surface area contributed by atoms with Gasteiger partial charge in [0.05, 0.1) is 12.8 Å². The molecule has 0 rings (SSSR count). The molecule has 122 valence electrons. The van der Waals surface area contributed by atoms with Gasteiger partial charge in [0.1, 0.15) is 11.6 Å². The second-order valence-electron chi connectivity index (χ2n) is 5.20. The number of Topliss-reactive ketones (excluding diaryl/α,β-unsaturated/α-hetero) is 2. The lowest BCUT2D eigenvalue weighted by Crippen LogP contribution is -2.26. The molecule has 0 aromatic heterocycles. The Morgan fingerprint density at radius 1 is 0.682 bits per heavy atom. The highest BCUT2D eigenvalue weighted by atomic mass is 16.2. The molecule has 0 aromatic rings. The van der Waals surface area contributed by atoms with E-state index in [1.165, 1.54) is 26.0 Å². The van der Waals surface area contributed by atoms with E-state index in [1.807, 2.05) is 0 Å². The summed E-state index contributed by atoms with van der Waals surface area (Å²) in [5.41, 5.74) is 1.37. The van der Waals surface area contributed by atoms with Crippen LogP contribution in [-0.4, -0.2) is 36.2 Å². The lowest BCUT2D eigenvalue weighted by atomic mass is 10.2. The maximum absolute atomic E-state index is 11.4. The van der Waals surface area contributed by atoms with Gasteiger partial charge in [0, 0.05) is 36.6 Å². The van der Waals surface area contributed by atoms with Crippen molar-refractivity contribution in [1.29, 1.82) is 0 Å². The Labute approximate surface area is 131 Å². The molecule has 0 bridgehead atoms. The molecule has 0 radical (unpaired) electrons. The molecule has 0 amide bonds. The first-order valence-corrected chi connectivity index (χ1v) is 7.09. The van der Waals surface area contributed by atoms with Crippen molar-refractivity contribution in [2.45, 2.75) is 40.5 Å². The van der Waals surface area contributed by atoms with Gasteiger partial charge in [-0.2, -0.15) is 0 Å². The predicted molar refractivity (Wildman–Crippen MR) is 84.1 cm³/mol. The van der Waals surface area contributed by atoms with Crippen molar-refractivity contribution in [3.05, 3.63) is 23.5 Å². The van der Waals surface area contributed by atoms with Gasteiger partial charge in [0.2, 0.25) is 0 Å². The molecule has 22 heavy (non-hydrogen) atoms. The van der Waals surface area contributed by atoms with Gasteiger partial charge >= 0.3 is 0 Å². The average molecular weight is 308 g/mol. The first-order valence-electron chi connectivity index (χ1n) is 7.09. The smallest absolute Gasteiger partial charge is 0.164 e. The molecule has 0 aliphatic rings. The molecule has 0 aliphatic heterocycles. The molecule has 6 nitrogen and oxygen atoms in total. The quantitative estimate of drug-likeness (QED) is 0.337.